The van der Waals surface area contributed by atoms with Gasteiger partial charge in [-0.15, -0.1) is 0 Å². The van der Waals surface area contributed by atoms with Crippen LogP contribution in [0.5, 0.6) is 0 Å². The van der Waals surface area contributed by atoms with Crippen molar-refractivity contribution in [3.05, 3.63) is 64.4 Å². The van der Waals surface area contributed by atoms with Gasteiger partial charge in [-0.05, 0) is 36.2 Å². The van der Waals surface area contributed by atoms with Crippen LogP contribution in [0.15, 0.2) is 42.5 Å². The molecule has 1 aromatic carbocycles. The molecule has 0 aliphatic heterocycles. The van der Waals surface area contributed by atoms with Crippen molar-refractivity contribution in [2.24, 2.45) is 0 Å². The number of hydrogen-bond donors (Lipinski definition) is 0. The number of halogens is 1. The molecule has 0 aliphatic carbocycles. The maximum absolute atomic E-state index is 12.1. The van der Waals surface area contributed by atoms with Crippen LogP contribution in [0.4, 0.5) is 0 Å². The predicted octanol–water partition coefficient (Wildman–Crippen LogP) is 4.83. The molecule has 0 unspecified atom stereocenters. The van der Waals surface area contributed by atoms with E-state index in [0.717, 1.165) is 31.2 Å². The number of rotatable bonds is 9. The van der Waals surface area contributed by atoms with Crippen LogP contribution in [-0.2, 0) is 16.1 Å². The largest absolute Gasteiger partial charge is 0.461 e. The molecular formula is C20H22ClNO4. The van der Waals surface area contributed by atoms with Crippen LogP contribution in [0.2, 0.25) is 5.02 Å². The molecule has 2 rings (SSSR count). The second kappa shape index (κ2) is 10.6. The fourth-order valence-electron chi connectivity index (χ4n) is 2.23. The van der Waals surface area contributed by atoms with Crippen molar-refractivity contribution in [1.29, 1.82) is 0 Å². The molecule has 0 N–H and O–H groups in total. The zero-order valence-corrected chi connectivity index (χ0v) is 15.5. The number of nitrogens with zero attached hydrogens (tertiary/aromatic N) is 1. The molecule has 26 heavy (non-hydrogen) atoms. The van der Waals surface area contributed by atoms with Gasteiger partial charge in [0.25, 0.3) is 0 Å². The third kappa shape index (κ3) is 6.48. The van der Waals surface area contributed by atoms with Crippen LogP contribution < -0.4 is 0 Å². The van der Waals surface area contributed by atoms with E-state index in [1.54, 1.807) is 30.3 Å². The van der Waals surface area contributed by atoms with Gasteiger partial charge >= 0.3 is 11.9 Å². The average molecular weight is 376 g/mol. The van der Waals surface area contributed by atoms with Gasteiger partial charge in [-0.3, -0.25) is 0 Å². The van der Waals surface area contributed by atoms with E-state index in [9.17, 15) is 9.59 Å². The minimum atomic E-state index is -0.599. The Morgan fingerprint density at radius 1 is 0.923 bits per heavy atom. The number of aromatic nitrogens is 1. The molecular weight excluding hydrogens is 354 g/mol. The summed E-state index contributed by atoms with van der Waals surface area (Å²) in [5, 5.41) is 0.614. The van der Waals surface area contributed by atoms with Gasteiger partial charge in [0.15, 0.2) is 0 Å². The summed E-state index contributed by atoms with van der Waals surface area (Å²) in [5.74, 6) is -1.13. The van der Waals surface area contributed by atoms with Crippen molar-refractivity contribution >= 4 is 23.5 Å². The number of hydrogen-bond acceptors (Lipinski definition) is 5. The average Bonchev–Trinajstić information content (AvgIpc) is 2.67. The second-order valence-electron chi connectivity index (χ2n) is 5.81. The van der Waals surface area contributed by atoms with Gasteiger partial charge in [0.2, 0.25) is 0 Å². The number of pyridine rings is 1. The standard InChI is InChI=1S/C20H22ClNO4/c1-2-3-4-5-13-25-19(23)17-7-6-8-18(22-17)20(24)26-14-15-9-11-16(21)12-10-15/h6-12H,2-5,13-14H2,1H3. The van der Waals surface area contributed by atoms with Crippen molar-refractivity contribution in [2.75, 3.05) is 6.61 Å². The maximum atomic E-state index is 12.1. The Kier molecular flexibility index (Phi) is 8.09. The highest BCUT2D eigenvalue weighted by atomic mass is 35.5. The van der Waals surface area contributed by atoms with Crippen molar-refractivity contribution in [1.82, 2.24) is 4.98 Å². The van der Waals surface area contributed by atoms with E-state index >= 15 is 0 Å². The SMILES string of the molecule is CCCCCCOC(=O)c1cccc(C(=O)OCc2ccc(Cl)cc2)n1. The van der Waals surface area contributed by atoms with Gasteiger partial charge in [0, 0.05) is 5.02 Å². The minimum Gasteiger partial charge on any atom is -0.461 e. The summed E-state index contributed by atoms with van der Waals surface area (Å²) in [6.07, 6.45) is 4.08. The highest BCUT2D eigenvalue weighted by Gasteiger charge is 2.14. The van der Waals surface area contributed by atoms with E-state index in [0.29, 0.717) is 11.6 Å². The summed E-state index contributed by atoms with van der Waals surface area (Å²) in [6, 6.07) is 11.6. The molecule has 0 spiro atoms. The molecule has 1 aromatic heterocycles. The second-order valence-corrected chi connectivity index (χ2v) is 6.24. The summed E-state index contributed by atoms with van der Waals surface area (Å²) < 4.78 is 10.4. The van der Waals surface area contributed by atoms with Crippen LogP contribution in [-0.4, -0.2) is 23.5 Å². The van der Waals surface area contributed by atoms with E-state index in [-0.39, 0.29) is 18.0 Å². The lowest BCUT2D eigenvalue weighted by Crippen LogP contribution is -2.13. The molecule has 138 valence electrons. The Hall–Kier alpha value is -2.40. The molecule has 5 nitrogen and oxygen atoms in total. The molecule has 0 saturated heterocycles. The third-order valence-corrected chi connectivity index (χ3v) is 3.93. The lowest BCUT2D eigenvalue weighted by atomic mass is 10.2. The quantitative estimate of drug-likeness (QED) is 0.464. The molecule has 0 radical (unpaired) electrons. The van der Waals surface area contributed by atoms with Gasteiger partial charge in [0.05, 0.1) is 6.61 Å². The fraction of sp³-hybridized carbons (Fsp3) is 0.350. The molecule has 0 amide bonds. The van der Waals surface area contributed by atoms with Crippen LogP contribution in [0.1, 0.15) is 59.1 Å². The van der Waals surface area contributed by atoms with Crippen molar-refractivity contribution in [2.45, 2.75) is 39.2 Å². The van der Waals surface area contributed by atoms with E-state index < -0.39 is 11.9 Å². The van der Waals surface area contributed by atoms with E-state index in [1.807, 2.05) is 0 Å². The topological polar surface area (TPSA) is 65.5 Å². The zero-order chi connectivity index (χ0) is 18.8. The Morgan fingerprint density at radius 2 is 1.58 bits per heavy atom. The Morgan fingerprint density at radius 3 is 2.23 bits per heavy atom. The highest BCUT2D eigenvalue weighted by Crippen LogP contribution is 2.11. The predicted molar refractivity (Wildman–Crippen MR) is 99.2 cm³/mol. The molecule has 0 fully saturated rings. The molecule has 0 atom stereocenters. The molecule has 6 heteroatoms. The zero-order valence-electron chi connectivity index (χ0n) is 14.7. The minimum absolute atomic E-state index is 0.0689. The number of carbonyl (C=O) groups excluding carboxylic acids is 2. The first-order valence-corrected chi connectivity index (χ1v) is 9.03. The van der Waals surface area contributed by atoms with Gasteiger partial charge < -0.3 is 9.47 Å². The van der Waals surface area contributed by atoms with Crippen molar-refractivity contribution < 1.29 is 19.1 Å². The third-order valence-electron chi connectivity index (χ3n) is 3.68. The summed E-state index contributed by atoms with van der Waals surface area (Å²) in [6.45, 7) is 2.57. The van der Waals surface area contributed by atoms with Crippen molar-refractivity contribution in [3.63, 3.8) is 0 Å². The van der Waals surface area contributed by atoms with Gasteiger partial charge in [0.1, 0.15) is 18.0 Å². The van der Waals surface area contributed by atoms with Crippen LogP contribution in [0, 0.1) is 0 Å². The first kappa shape index (κ1) is 19.9. The van der Waals surface area contributed by atoms with Crippen LogP contribution in [0.3, 0.4) is 0 Å². The number of benzene rings is 1. The monoisotopic (exact) mass is 375 g/mol. The number of ether oxygens (including phenoxy) is 2. The van der Waals surface area contributed by atoms with Crippen LogP contribution in [0.25, 0.3) is 0 Å². The Labute approximate surface area is 158 Å². The first-order chi connectivity index (χ1) is 12.6. The van der Waals surface area contributed by atoms with Crippen LogP contribution >= 0.6 is 11.6 Å². The normalized spacial score (nSPS) is 10.4. The smallest absolute Gasteiger partial charge is 0.357 e. The summed E-state index contributed by atoms with van der Waals surface area (Å²) in [4.78, 5) is 28.2. The molecule has 2 aromatic rings. The number of unbranched alkanes of at least 4 members (excludes halogenated alkanes) is 3. The summed E-state index contributed by atoms with van der Waals surface area (Å²) >= 11 is 5.82. The lowest BCUT2D eigenvalue weighted by molar-refractivity contribution is 0.0463. The summed E-state index contributed by atoms with van der Waals surface area (Å²) in [5.41, 5.74) is 0.978. The Bertz CT molecular complexity index is 731. The van der Waals surface area contributed by atoms with Crippen molar-refractivity contribution in [3.8, 4) is 0 Å². The van der Waals surface area contributed by atoms with E-state index in [2.05, 4.69) is 11.9 Å². The number of carbonyl (C=O) groups is 2. The van der Waals surface area contributed by atoms with Gasteiger partial charge in [-0.25, -0.2) is 14.6 Å². The van der Waals surface area contributed by atoms with E-state index in [4.69, 9.17) is 21.1 Å². The maximum Gasteiger partial charge on any atom is 0.357 e. The van der Waals surface area contributed by atoms with Gasteiger partial charge in [-0.2, -0.15) is 0 Å². The lowest BCUT2D eigenvalue weighted by Gasteiger charge is -2.07. The number of esters is 2. The highest BCUT2D eigenvalue weighted by molar-refractivity contribution is 6.30. The molecule has 1 heterocycles. The summed E-state index contributed by atoms with van der Waals surface area (Å²) in [7, 11) is 0. The molecule has 0 saturated carbocycles. The molecule has 0 aliphatic rings. The molecule has 0 bridgehead atoms. The fourth-order valence-corrected chi connectivity index (χ4v) is 2.36. The first-order valence-electron chi connectivity index (χ1n) is 8.66. The van der Waals surface area contributed by atoms with E-state index in [1.165, 1.54) is 12.1 Å². The Balaban J connectivity index is 1.87. The van der Waals surface area contributed by atoms with Gasteiger partial charge in [-0.1, -0.05) is 56.0 Å².